The molecule has 4 nitrogen and oxygen atoms in total. The molecular formula is C14H14ClF3N4. The first-order valence-corrected chi connectivity index (χ1v) is 7.15. The number of pyridine rings is 1. The van der Waals surface area contributed by atoms with Crippen molar-refractivity contribution in [1.82, 2.24) is 14.5 Å². The van der Waals surface area contributed by atoms with Crippen LogP contribution in [0.2, 0.25) is 5.02 Å². The van der Waals surface area contributed by atoms with Gasteiger partial charge in [-0.1, -0.05) is 11.6 Å². The van der Waals surface area contributed by atoms with Crippen molar-refractivity contribution in [2.24, 2.45) is 0 Å². The van der Waals surface area contributed by atoms with Crippen LogP contribution in [0.3, 0.4) is 0 Å². The molecule has 1 aliphatic rings. The summed E-state index contributed by atoms with van der Waals surface area (Å²) in [6.45, 7) is 5.76. The minimum Gasteiger partial charge on any atom is -0.346 e. The molecule has 22 heavy (non-hydrogen) atoms. The van der Waals surface area contributed by atoms with E-state index in [4.69, 9.17) is 11.6 Å². The second-order valence-electron chi connectivity index (χ2n) is 5.30. The summed E-state index contributed by atoms with van der Waals surface area (Å²) >= 11 is 6.00. The number of alkyl halides is 3. The number of hydrogen-bond donors (Lipinski definition) is 0. The molecule has 0 N–H and O–H groups in total. The molecule has 0 fully saturated rings. The topological polar surface area (TPSA) is 34.0 Å². The predicted molar refractivity (Wildman–Crippen MR) is 77.0 cm³/mol. The molecule has 0 saturated carbocycles. The molecule has 0 spiro atoms. The third-order valence-electron chi connectivity index (χ3n) is 3.91. The van der Waals surface area contributed by atoms with Gasteiger partial charge in [-0.05, 0) is 19.9 Å². The lowest BCUT2D eigenvalue weighted by atomic mass is 10.2. The van der Waals surface area contributed by atoms with E-state index in [1.165, 1.54) is 0 Å². The van der Waals surface area contributed by atoms with Crippen LogP contribution in [-0.2, 0) is 19.3 Å². The summed E-state index contributed by atoms with van der Waals surface area (Å²) in [7, 11) is 0. The van der Waals surface area contributed by atoms with Crippen LogP contribution in [0, 0.1) is 13.8 Å². The van der Waals surface area contributed by atoms with Gasteiger partial charge in [0.05, 0.1) is 22.8 Å². The fourth-order valence-corrected chi connectivity index (χ4v) is 2.90. The number of halogens is 4. The molecule has 118 valence electrons. The summed E-state index contributed by atoms with van der Waals surface area (Å²) in [6.07, 6.45) is -3.62. The van der Waals surface area contributed by atoms with Crippen LogP contribution in [0.5, 0.6) is 0 Å². The first kappa shape index (κ1) is 15.1. The van der Waals surface area contributed by atoms with Gasteiger partial charge in [0.2, 0.25) is 0 Å². The highest BCUT2D eigenvalue weighted by atomic mass is 35.5. The summed E-state index contributed by atoms with van der Waals surface area (Å²) in [4.78, 5) is 10.2. The zero-order valence-electron chi connectivity index (χ0n) is 12.1. The first-order valence-electron chi connectivity index (χ1n) is 6.77. The van der Waals surface area contributed by atoms with Gasteiger partial charge in [-0.2, -0.15) is 13.2 Å². The number of aromatic nitrogens is 3. The largest absolute Gasteiger partial charge is 0.417 e. The number of nitrogens with zero attached hydrogens (tertiary/aromatic N) is 4. The van der Waals surface area contributed by atoms with Crippen LogP contribution in [0.15, 0.2) is 12.3 Å². The van der Waals surface area contributed by atoms with Crippen molar-refractivity contribution in [1.29, 1.82) is 0 Å². The van der Waals surface area contributed by atoms with Crippen LogP contribution in [0.4, 0.5) is 19.0 Å². The molecule has 0 aromatic carbocycles. The third-order valence-corrected chi connectivity index (χ3v) is 4.19. The van der Waals surface area contributed by atoms with Gasteiger partial charge in [0.15, 0.2) is 0 Å². The van der Waals surface area contributed by atoms with Crippen molar-refractivity contribution in [2.75, 3.05) is 11.4 Å². The molecule has 0 amide bonds. The summed E-state index contributed by atoms with van der Waals surface area (Å²) in [6, 6.07) is 0.918. The average Bonchev–Trinajstić information content (AvgIpc) is 2.72. The maximum Gasteiger partial charge on any atom is 0.417 e. The minimum absolute atomic E-state index is 0.00303. The smallest absolute Gasteiger partial charge is 0.346 e. The summed E-state index contributed by atoms with van der Waals surface area (Å²) in [5, 5.41) is 0.00303. The minimum atomic E-state index is -4.44. The molecule has 0 unspecified atom stereocenters. The van der Waals surface area contributed by atoms with Gasteiger partial charge in [-0.15, -0.1) is 0 Å². The van der Waals surface area contributed by atoms with Crippen molar-refractivity contribution in [3.05, 3.63) is 40.1 Å². The van der Waals surface area contributed by atoms with E-state index in [9.17, 15) is 13.2 Å². The molecule has 0 bridgehead atoms. The van der Waals surface area contributed by atoms with Gasteiger partial charge in [0.1, 0.15) is 11.6 Å². The highest BCUT2D eigenvalue weighted by Crippen LogP contribution is 2.34. The van der Waals surface area contributed by atoms with Crippen molar-refractivity contribution >= 4 is 17.4 Å². The van der Waals surface area contributed by atoms with E-state index in [1.807, 2.05) is 18.7 Å². The molecule has 0 aliphatic carbocycles. The van der Waals surface area contributed by atoms with Gasteiger partial charge in [0.25, 0.3) is 0 Å². The zero-order valence-corrected chi connectivity index (χ0v) is 12.8. The Morgan fingerprint density at radius 2 is 1.95 bits per heavy atom. The highest BCUT2D eigenvalue weighted by Gasteiger charge is 2.32. The van der Waals surface area contributed by atoms with Crippen molar-refractivity contribution in [3.8, 4) is 0 Å². The van der Waals surface area contributed by atoms with Crippen LogP contribution in [-0.4, -0.2) is 21.1 Å². The maximum atomic E-state index is 12.7. The fourth-order valence-electron chi connectivity index (χ4n) is 2.61. The average molecular weight is 331 g/mol. The van der Waals surface area contributed by atoms with E-state index >= 15 is 0 Å². The Morgan fingerprint density at radius 1 is 1.23 bits per heavy atom. The van der Waals surface area contributed by atoms with E-state index in [2.05, 4.69) is 14.5 Å². The normalized spacial score (nSPS) is 15.1. The molecule has 2 aromatic heterocycles. The molecule has 1 aliphatic heterocycles. The monoisotopic (exact) mass is 330 g/mol. The molecule has 3 rings (SSSR count). The number of imidazole rings is 1. The number of fused-ring (bicyclic) bond motifs is 1. The highest BCUT2D eigenvalue weighted by molar-refractivity contribution is 6.33. The van der Waals surface area contributed by atoms with Crippen molar-refractivity contribution < 1.29 is 13.2 Å². The number of hydrogen-bond acceptors (Lipinski definition) is 3. The Balaban J connectivity index is 1.90. The Kier molecular flexibility index (Phi) is 3.55. The first-order chi connectivity index (χ1) is 10.3. The maximum absolute atomic E-state index is 12.7. The van der Waals surface area contributed by atoms with Gasteiger partial charge in [0, 0.05) is 25.0 Å². The van der Waals surface area contributed by atoms with Crippen molar-refractivity contribution in [3.63, 3.8) is 0 Å². The van der Waals surface area contributed by atoms with E-state index in [-0.39, 0.29) is 5.02 Å². The standard InChI is InChI=1S/C14H14ClF3N4/c1-8-9(2)22-4-3-21(7-12(22)20-8)13-11(15)5-10(6-19-13)14(16,17)18/h5-6H,3-4,7H2,1-2H3. The van der Waals surface area contributed by atoms with Gasteiger partial charge >= 0.3 is 6.18 Å². The van der Waals surface area contributed by atoms with Gasteiger partial charge in [-0.3, -0.25) is 0 Å². The fraction of sp³-hybridized carbons (Fsp3) is 0.429. The van der Waals surface area contributed by atoms with Crippen LogP contribution < -0.4 is 4.90 Å². The van der Waals surface area contributed by atoms with E-state index in [0.29, 0.717) is 25.5 Å². The molecular weight excluding hydrogens is 317 g/mol. The third kappa shape index (κ3) is 2.54. The zero-order chi connectivity index (χ0) is 16.1. The van der Waals surface area contributed by atoms with Crippen LogP contribution in [0.25, 0.3) is 0 Å². The Labute approximate surface area is 130 Å². The van der Waals surface area contributed by atoms with E-state index < -0.39 is 11.7 Å². The SMILES string of the molecule is Cc1nc2n(c1C)CCN(c1ncc(C(F)(F)F)cc1Cl)C2. The molecule has 0 atom stereocenters. The number of anilines is 1. The van der Waals surface area contributed by atoms with Crippen LogP contribution >= 0.6 is 11.6 Å². The summed E-state index contributed by atoms with van der Waals surface area (Å²) in [5.74, 6) is 1.23. The van der Waals surface area contributed by atoms with Crippen molar-refractivity contribution in [2.45, 2.75) is 33.1 Å². The Morgan fingerprint density at radius 3 is 2.59 bits per heavy atom. The molecule has 0 saturated heterocycles. The van der Waals surface area contributed by atoms with E-state index in [1.54, 1.807) is 0 Å². The number of aryl methyl sites for hydroxylation is 1. The summed E-state index contributed by atoms with van der Waals surface area (Å²) in [5.41, 5.74) is 1.23. The Hall–Kier alpha value is -1.76. The predicted octanol–water partition coefficient (Wildman–Crippen LogP) is 3.59. The number of rotatable bonds is 1. The lowest BCUT2D eigenvalue weighted by Gasteiger charge is -2.30. The lowest BCUT2D eigenvalue weighted by Crippen LogP contribution is -2.35. The lowest BCUT2D eigenvalue weighted by molar-refractivity contribution is -0.137. The molecule has 8 heteroatoms. The van der Waals surface area contributed by atoms with Gasteiger partial charge in [-0.25, -0.2) is 9.97 Å². The Bertz CT molecular complexity index is 724. The quantitative estimate of drug-likeness (QED) is 0.801. The summed E-state index contributed by atoms with van der Waals surface area (Å²) < 4.78 is 40.1. The van der Waals surface area contributed by atoms with Crippen LogP contribution in [0.1, 0.15) is 22.8 Å². The molecule has 2 aromatic rings. The van der Waals surface area contributed by atoms with Gasteiger partial charge < -0.3 is 9.47 Å². The molecule has 0 radical (unpaired) electrons. The molecule has 3 heterocycles. The van der Waals surface area contributed by atoms with E-state index in [0.717, 1.165) is 29.5 Å². The second kappa shape index (κ2) is 5.15. The second-order valence-corrected chi connectivity index (χ2v) is 5.71.